The van der Waals surface area contributed by atoms with Crippen LogP contribution < -0.4 is 10.1 Å². The van der Waals surface area contributed by atoms with Crippen molar-refractivity contribution in [1.82, 2.24) is 15.2 Å². The molecule has 1 aromatic heterocycles. The first-order valence-electron chi connectivity index (χ1n) is 11.9. The van der Waals surface area contributed by atoms with E-state index in [1.54, 1.807) is 17.5 Å². The van der Waals surface area contributed by atoms with Crippen LogP contribution in [0.3, 0.4) is 0 Å². The largest absolute Gasteiger partial charge is 0.486 e. The van der Waals surface area contributed by atoms with Gasteiger partial charge in [0.1, 0.15) is 28.9 Å². The maximum absolute atomic E-state index is 13.6. The summed E-state index contributed by atoms with van der Waals surface area (Å²) >= 11 is 1.38. The van der Waals surface area contributed by atoms with Crippen molar-refractivity contribution >= 4 is 23.2 Å². The molecule has 1 N–H and O–H groups in total. The lowest BCUT2D eigenvalue weighted by Crippen LogP contribution is -2.40. The number of nitrogens with one attached hydrogen (secondary N) is 1. The molecule has 0 bridgehead atoms. The lowest BCUT2D eigenvalue weighted by molar-refractivity contribution is -0.132. The van der Waals surface area contributed by atoms with Gasteiger partial charge in [-0.2, -0.15) is 0 Å². The van der Waals surface area contributed by atoms with Gasteiger partial charge in [-0.15, -0.1) is 11.3 Å². The predicted octanol–water partition coefficient (Wildman–Crippen LogP) is 5.13. The third-order valence-electron chi connectivity index (χ3n) is 5.97. The molecular weight excluding hydrogens is 465 g/mol. The first-order valence-corrected chi connectivity index (χ1v) is 12.8. The molecule has 2 aromatic carbocycles. The van der Waals surface area contributed by atoms with Gasteiger partial charge in [0, 0.05) is 24.9 Å². The summed E-state index contributed by atoms with van der Waals surface area (Å²) in [5.74, 6) is 0.588. The van der Waals surface area contributed by atoms with Gasteiger partial charge in [0.2, 0.25) is 5.91 Å². The molecule has 6 nitrogen and oxygen atoms in total. The van der Waals surface area contributed by atoms with Crippen molar-refractivity contribution in [2.75, 3.05) is 13.1 Å². The van der Waals surface area contributed by atoms with Crippen LogP contribution in [0.15, 0.2) is 47.8 Å². The number of aromatic nitrogens is 1. The Hall–Kier alpha value is -3.26. The Morgan fingerprint density at radius 3 is 2.71 bits per heavy atom. The van der Waals surface area contributed by atoms with Crippen molar-refractivity contribution in [3.63, 3.8) is 0 Å². The number of amides is 2. The summed E-state index contributed by atoms with van der Waals surface area (Å²) in [6.45, 7) is 7.38. The van der Waals surface area contributed by atoms with Crippen molar-refractivity contribution in [2.24, 2.45) is 5.92 Å². The van der Waals surface area contributed by atoms with Gasteiger partial charge in [0.25, 0.3) is 5.91 Å². The van der Waals surface area contributed by atoms with Crippen molar-refractivity contribution < 1.29 is 18.7 Å². The Morgan fingerprint density at radius 2 is 2.00 bits per heavy atom. The van der Waals surface area contributed by atoms with Crippen LogP contribution in [0.5, 0.6) is 5.75 Å². The number of carbonyl (C=O) groups is 2. The number of benzene rings is 2. The van der Waals surface area contributed by atoms with Gasteiger partial charge >= 0.3 is 0 Å². The number of carbonyl (C=O) groups excluding carboxylic acids is 2. The zero-order valence-corrected chi connectivity index (χ0v) is 21.0. The Labute approximate surface area is 209 Å². The molecule has 35 heavy (non-hydrogen) atoms. The van der Waals surface area contributed by atoms with E-state index in [0.717, 1.165) is 23.1 Å². The van der Waals surface area contributed by atoms with E-state index in [1.807, 2.05) is 43.9 Å². The Balaban J connectivity index is 1.53. The molecule has 0 radical (unpaired) electrons. The number of rotatable bonds is 8. The van der Waals surface area contributed by atoms with Crippen molar-refractivity contribution in [1.29, 1.82) is 0 Å². The number of halogens is 1. The molecule has 0 unspecified atom stereocenters. The van der Waals surface area contributed by atoms with E-state index < -0.39 is 0 Å². The summed E-state index contributed by atoms with van der Waals surface area (Å²) in [5.41, 5.74) is 3.38. The standard InChI is InChI=1S/C27H30FN3O3S/c1-4-25(32)31-12-11-18-7-10-21(13-22(18)26(31)19-5-8-20(28)9-6-19)34-15-24-30-23(16-35-24)27(33)29-14-17(2)3/h5-10,13,16-17,26H,4,11-12,14-15H2,1-3H3,(H,29,33)/t26-/m1/s1. The zero-order valence-electron chi connectivity index (χ0n) is 20.2. The number of ether oxygens (including phenoxy) is 1. The number of hydrogen-bond donors (Lipinski definition) is 1. The van der Waals surface area contributed by atoms with E-state index in [9.17, 15) is 14.0 Å². The number of fused-ring (bicyclic) bond motifs is 1. The highest BCUT2D eigenvalue weighted by atomic mass is 32.1. The molecule has 0 saturated heterocycles. The van der Waals surface area contributed by atoms with E-state index >= 15 is 0 Å². The minimum atomic E-state index is -0.309. The normalized spacial score (nSPS) is 15.1. The predicted molar refractivity (Wildman–Crippen MR) is 134 cm³/mol. The number of hydrogen-bond acceptors (Lipinski definition) is 5. The third-order valence-corrected chi connectivity index (χ3v) is 6.79. The van der Waals surface area contributed by atoms with E-state index in [2.05, 4.69) is 10.3 Å². The molecule has 4 rings (SSSR count). The van der Waals surface area contributed by atoms with Crippen molar-refractivity contribution in [3.05, 3.63) is 81.1 Å². The molecule has 2 heterocycles. The SMILES string of the molecule is CCC(=O)N1CCc2ccc(OCc3nc(C(=O)NCC(C)C)cs3)cc2[C@H]1c1ccc(F)cc1. The molecule has 0 saturated carbocycles. The highest BCUT2D eigenvalue weighted by Crippen LogP contribution is 2.37. The topological polar surface area (TPSA) is 71.5 Å². The fourth-order valence-electron chi connectivity index (χ4n) is 4.17. The van der Waals surface area contributed by atoms with Crippen LogP contribution in [0, 0.1) is 11.7 Å². The highest BCUT2D eigenvalue weighted by Gasteiger charge is 2.31. The molecule has 8 heteroatoms. The van der Waals surface area contributed by atoms with Crippen molar-refractivity contribution in [3.8, 4) is 5.75 Å². The Bertz CT molecular complexity index is 1190. The molecular formula is C27H30FN3O3S. The molecule has 184 valence electrons. The van der Waals surface area contributed by atoms with Gasteiger partial charge < -0.3 is 15.0 Å². The minimum absolute atomic E-state index is 0.0577. The third kappa shape index (κ3) is 5.88. The van der Waals surface area contributed by atoms with Crippen LogP contribution in [-0.4, -0.2) is 34.8 Å². The second kappa shape index (κ2) is 11.0. The molecule has 0 fully saturated rings. The fourth-order valence-corrected chi connectivity index (χ4v) is 4.86. The average Bonchev–Trinajstić information content (AvgIpc) is 3.34. The molecule has 3 aromatic rings. The monoisotopic (exact) mass is 495 g/mol. The zero-order chi connectivity index (χ0) is 24.9. The lowest BCUT2D eigenvalue weighted by Gasteiger charge is -2.38. The Kier molecular flexibility index (Phi) is 7.80. The smallest absolute Gasteiger partial charge is 0.270 e. The second-order valence-corrected chi connectivity index (χ2v) is 9.97. The summed E-state index contributed by atoms with van der Waals surface area (Å²) in [4.78, 5) is 31.2. The van der Waals surface area contributed by atoms with Crippen LogP contribution >= 0.6 is 11.3 Å². The molecule has 1 atom stereocenters. The fraction of sp³-hybridized carbons (Fsp3) is 0.370. The summed E-state index contributed by atoms with van der Waals surface area (Å²) in [6, 6.07) is 11.9. The van der Waals surface area contributed by atoms with Gasteiger partial charge in [-0.3, -0.25) is 9.59 Å². The van der Waals surface area contributed by atoms with Crippen LogP contribution in [0.25, 0.3) is 0 Å². The average molecular weight is 496 g/mol. The van der Waals surface area contributed by atoms with Gasteiger partial charge in [0.15, 0.2) is 0 Å². The van der Waals surface area contributed by atoms with Gasteiger partial charge in [-0.05, 0) is 53.3 Å². The molecule has 2 amide bonds. The highest BCUT2D eigenvalue weighted by molar-refractivity contribution is 7.09. The van der Waals surface area contributed by atoms with Crippen molar-refractivity contribution in [2.45, 2.75) is 46.3 Å². The maximum atomic E-state index is 13.6. The quantitative estimate of drug-likeness (QED) is 0.470. The van der Waals surface area contributed by atoms with E-state index in [4.69, 9.17) is 4.74 Å². The first-order chi connectivity index (χ1) is 16.9. The molecule has 1 aliphatic heterocycles. The van der Waals surface area contributed by atoms with Crippen LogP contribution in [0.1, 0.15) is 65.4 Å². The van der Waals surface area contributed by atoms with Gasteiger partial charge in [0.05, 0.1) is 6.04 Å². The minimum Gasteiger partial charge on any atom is -0.486 e. The second-order valence-electron chi connectivity index (χ2n) is 9.02. The van der Waals surface area contributed by atoms with Crippen LogP contribution in [0.2, 0.25) is 0 Å². The molecule has 0 spiro atoms. The maximum Gasteiger partial charge on any atom is 0.270 e. The van der Waals surface area contributed by atoms with Crippen LogP contribution in [0.4, 0.5) is 4.39 Å². The van der Waals surface area contributed by atoms with E-state index in [1.165, 1.54) is 23.5 Å². The number of nitrogens with zero attached hydrogens (tertiary/aromatic N) is 2. The summed E-state index contributed by atoms with van der Waals surface area (Å²) < 4.78 is 19.6. The van der Waals surface area contributed by atoms with Gasteiger partial charge in [-0.1, -0.05) is 39.0 Å². The summed E-state index contributed by atoms with van der Waals surface area (Å²) in [5, 5.41) is 5.31. The molecule has 1 aliphatic rings. The summed E-state index contributed by atoms with van der Waals surface area (Å²) in [6.07, 6.45) is 1.15. The number of thiazole rings is 1. The molecule has 0 aliphatic carbocycles. The van der Waals surface area contributed by atoms with Gasteiger partial charge in [-0.25, -0.2) is 9.37 Å². The summed E-state index contributed by atoms with van der Waals surface area (Å²) in [7, 11) is 0. The van der Waals surface area contributed by atoms with E-state index in [0.29, 0.717) is 41.9 Å². The van der Waals surface area contributed by atoms with E-state index in [-0.39, 0.29) is 30.3 Å². The first kappa shape index (κ1) is 24.9. The lowest BCUT2D eigenvalue weighted by atomic mass is 9.87. The Morgan fingerprint density at radius 1 is 1.23 bits per heavy atom. The van der Waals surface area contributed by atoms with Crippen LogP contribution in [-0.2, 0) is 17.8 Å².